The lowest BCUT2D eigenvalue weighted by molar-refractivity contribution is -0.138. The van der Waals surface area contributed by atoms with Gasteiger partial charge in [-0.1, -0.05) is 32.3 Å². The molecular formula is C20H31NO5. The van der Waals surface area contributed by atoms with E-state index in [4.69, 9.17) is 14.6 Å². The zero-order chi connectivity index (χ0) is 19.2. The van der Waals surface area contributed by atoms with Gasteiger partial charge in [-0.3, -0.25) is 9.59 Å². The van der Waals surface area contributed by atoms with Gasteiger partial charge in [0.05, 0.1) is 19.6 Å². The Morgan fingerprint density at radius 1 is 1.04 bits per heavy atom. The minimum atomic E-state index is -0.966. The van der Waals surface area contributed by atoms with Crippen LogP contribution in [0.3, 0.4) is 0 Å². The second-order valence-corrected chi connectivity index (χ2v) is 6.12. The number of unbranched alkanes of at least 4 members (excludes halogenated alkanes) is 3. The van der Waals surface area contributed by atoms with Crippen LogP contribution in [0.2, 0.25) is 0 Å². The van der Waals surface area contributed by atoms with Gasteiger partial charge in [-0.15, -0.1) is 0 Å². The summed E-state index contributed by atoms with van der Waals surface area (Å²) in [5, 5.41) is 11.3. The summed E-state index contributed by atoms with van der Waals surface area (Å²) in [5.74, 6) is 0.256. The highest BCUT2D eigenvalue weighted by Crippen LogP contribution is 2.29. The summed E-state index contributed by atoms with van der Waals surface area (Å²) >= 11 is 0. The normalized spacial score (nSPS) is 10.4. The van der Waals surface area contributed by atoms with E-state index in [-0.39, 0.29) is 18.7 Å². The van der Waals surface area contributed by atoms with Gasteiger partial charge in [-0.2, -0.15) is 0 Å². The van der Waals surface area contributed by atoms with Gasteiger partial charge in [0.25, 0.3) is 0 Å². The van der Waals surface area contributed by atoms with E-state index in [9.17, 15) is 9.59 Å². The highest BCUT2D eigenvalue weighted by Gasteiger charge is 2.08. The summed E-state index contributed by atoms with van der Waals surface area (Å²) in [5.41, 5.74) is 1.03. The lowest BCUT2D eigenvalue weighted by Gasteiger charge is -2.13. The summed E-state index contributed by atoms with van der Waals surface area (Å²) in [7, 11) is 0. The Labute approximate surface area is 155 Å². The average Bonchev–Trinajstić information content (AvgIpc) is 2.61. The van der Waals surface area contributed by atoms with Crippen molar-refractivity contribution in [1.29, 1.82) is 0 Å². The van der Waals surface area contributed by atoms with Gasteiger partial charge in [0, 0.05) is 13.0 Å². The molecule has 26 heavy (non-hydrogen) atoms. The molecule has 0 unspecified atom stereocenters. The van der Waals surface area contributed by atoms with Crippen molar-refractivity contribution in [2.24, 2.45) is 0 Å². The Balaban J connectivity index is 2.47. The van der Waals surface area contributed by atoms with Crippen LogP contribution in [-0.2, 0) is 16.0 Å². The molecule has 0 heterocycles. The standard InChI is InChI=1S/C20H31NO5/c1-3-5-6-7-14-26-17-9-8-16(15-18(17)25-4-2)12-13-21-19(22)10-11-20(23)24/h8-9,15H,3-7,10-14H2,1-2H3,(H,21,22)(H,23,24). The SMILES string of the molecule is CCCCCCOc1ccc(CCNC(=O)CCC(=O)O)cc1OCC. The van der Waals surface area contributed by atoms with Crippen LogP contribution in [0.5, 0.6) is 11.5 Å². The third kappa shape index (κ3) is 9.30. The van der Waals surface area contributed by atoms with Crippen molar-refractivity contribution in [1.82, 2.24) is 5.32 Å². The Bertz CT molecular complexity index is 559. The molecule has 0 aliphatic rings. The molecule has 0 aliphatic heterocycles. The van der Waals surface area contributed by atoms with Crippen LogP contribution in [0.25, 0.3) is 0 Å². The van der Waals surface area contributed by atoms with Crippen LogP contribution < -0.4 is 14.8 Å². The summed E-state index contributed by atoms with van der Waals surface area (Å²) in [6.45, 7) is 5.81. The highest BCUT2D eigenvalue weighted by atomic mass is 16.5. The number of carboxylic acid groups (broad SMARTS) is 1. The van der Waals surface area contributed by atoms with E-state index in [0.717, 1.165) is 23.5 Å². The van der Waals surface area contributed by atoms with Crippen LogP contribution in [-0.4, -0.2) is 36.7 Å². The first-order valence-corrected chi connectivity index (χ1v) is 9.43. The van der Waals surface area contributed by atoms with Crippen molar-refractivity contribution in [3.8, 4) is 11.5 Å². The maximum Gasteiger partial charge on any atom is 0.303 e. The van der Waals surface area contributed by atoms with E-state index in [1.165, 1.54) is 19.3 Å². The zero-order valence-corrected chi connectivity index (χ0v) is 15.9. The molecule has 1 amide bonds. The lowest BCUT2D eigenvalue weighted by atomic mass is 10.1. The smallest absolute Gasteiger partial charge is 0.303 e. The largest absolute Gasteiger partial charge is 0.490 e. The number of carboxylic acids is 1. The molecule has 1 rings (SSSR count). The van der Waals surface area contributed by atoms with Gasteiger partial charge in [0.2, 0.25) is 5.91 Å². The lowest BCUT2D eigenvalue weighted by Crippen LogP contribution is -2.26. The topological polar surface area (TPSA) is 84.9 Å². The molecule has 0 aliphatic carbocycles. The van der Waals surface area contributed by atoms with Gasteiger partial charge in [-0.05, 0) is 37.5 Å². The quantitative estimate of drug-likeness (QED) is 0.492. The second-order valence-electron chi connectivity index (χ2n) is 6.12. The molecule has 1 aromatic rings. The number of hydrogen-bond acceptors (Lipinski definition) is 4. The Kier molecular flexibility index (Phi) is 10.9. The van der Waals surface area contributed by atoms with Crippen LogP contribution in [0.1, 0.15) is 57.9 Å². The first-order valence-electron chi connectivity index (χ1n) is 9.43. The van der Waals surface area contributed by atoms with Crippen molar-refractivity contribution >= 4 is 11.9 Å². The number of carbonyl (C=O) groups excluding carboxylic acids is 1. The van der Waals surface area contributed by atoms with E-state index in [2.05, 4.69) is 12.2 Å². The second kappa shape index (κ2) is 13.0. The molecular weight excluding hydrogens is 334 g/mol. The Morgan fingerprint density at radius 3 is 2.54 bits per heavy atom. The molecule has 0 aromatic heterocycles. The molecule has 6 nitrogen and oxygen atoms in total. The fourth-order valence-corrected chi connectivity index (χ4v) is 2.46. The van der Waals surface area contributed by atoms with Crippen LogP contribution >= 0.6 is 0 Å². The van der Waals surface area contributed by atoms with E-state index in [0.29, 0.717) is 26.2 Å². The van der Waals surface area contributed by atoms with Crippen LogP contribution in [0, 0.1) is 0 Å². The molecule has 0 fully saturated rings. The maximum absolute atomic E-state index is 11.5. The monoisotopic (exact) mass is 365 g/mol. The summed E-state index contributed by atoms with van der Waals surface area (Å²) < 4.78 is 11.5. The van der Waals surface area contributed by atoms with Gasteiger partial charge in [0.15, 0.2) is 11.5 Å². The van der Waals surface area contributed by atoms with E-state index in [1.807, 2.05) is 25.1 Å². The number of ether oxygens (including phenoxy) is 2. The number of aliphatic carboxylic acids is 1. The third-order valence-electron chi connectivity index (χ3n) is 3.87. The summed E-state index contributed by atoms with van der Waals surface area (Å²) in [6.07, 6.45) is 5.12. The fourth-order valence-electron chi connectivity index (χ4n) is 2.46. The van der Waals surface area contributed by atoms with Gasteiger partial charge < -0.3 is 19.9 Å². The minimum Gasteiger partial charge on any atom is -0.490 e. The predicted molar refractivity (Wildman–Crippen MR) is 101 cm³/mol. The number of hydrogen-bond donors (Lipinski definition) is 2. The van der Waals surface area contributed by atoms with E-state index >= 15 is 0 Å². The molecule has 0 bridgehead atoms. The number of carbonyl (C=O) groups is 2. The highest BCUT2D eigenvalue weighted by molar-refractivity contribution is 5.80. The predicted octanol–water partition coefficient (Wildman–Crippen LogP) is 3.57. The van der Waals surface area contributed by atoms with Gasteiger partial charge in [0.1, 0.15) is 0 Å². The first-order chi connectivity index (χ1) is 12.6. The number of amides is 1. The molecule has 1 aromatic carbocycles. The average molecular weight is 365 g/mol. The fraction of sp³-hybridized carbons (Fsp3) is 0.600. The van der Waals surface area contributed by atoms with Crippen molar-refractivity contribution in [3.63, 3.8) is 0 Å². The van der Waals surface area contributed by atoms with E-state index in [1.54, 1.807) is 0 Å². The molecule has 2 N–H and O–H groups in total. The molecule has 0 spiro atoms. The molecule has 0 saturated carbocycles. The molecule has 146 valence electrons. The Morgan fingerprint density at radius 2 is 1.85 bits per heavy atom. The van der Waals surface area contributed by atoms with Crippen molar-refractivity contribution < 1.29 is 24.2 Å². The minimum absolute atomic E-state index is 0.00430. The third-order valence-corrected chi connectivity index (χ3v) is 3.87. The van der Waals surface area contributed by atoms with Crippen LogP contribution in [0.15, 0.2) is 18.2 Å². The molecule has 6 heteroatoms. The van der Waals surface area contributed by atoms with Crippen molar-refractivity contribution in [3.05, 3.63) is 23.8 Å². The number of nitrogens with one attached hydrogen (secondary N) is 1. The maximum atomic E-state index is 11.5. The molecule has 0 atom stereocenters. The van der Waals surface area contributed by atoms with Crippen molar-refractivity contribution in [2.75, 3.05) is 19.8 Å². The first kappa shape index (κ1) is 21.8. The van der Waals surface area contributed by atoms with E-state index < -0.39 is 5.97 Å². The van der Waals surface area contributed by atoms with Gasteiger partial charge in [-0.25, -0.2) is 0 Å². The van der Waals surface area contributed by atoms with Gasteiger partial charge >= 0.3 is 5.97 Å². The molecule has 0 saturated heterocycles. The van der Waals surface area contributed by atoms with Crippen LogP contribution in [0.4, 0.5) is 0 Å². The zero-order valence-electron chi connectivity index (χ0n) is 15.9. The number of rotatable bonds is 14. The number of benzene rings is 1. The summed E-state index contributed by atoms with van der Waals surface area (Å²) in [6, 6.07) is 5.81. The van der Waals surface area contributed by atoms with Crippen molar-refractivity contribution in [2.45, 2.75) is 58.8 Å². The summed E-state index contributed by atoms with van der Waals surface area (Å²) in [4.78, 5) is 22.0. The Hall–Kier alpha value is -2.24. The molecule has 0 radical (unpaired) electrons.